The number of fused-ring (bicyclic) bond motifs is 2. The number of hydrogen-bond donors (Lipinski definition) is 0. The van der Waals surface area contributed by atoms with Gasteiger partial charge in [0.05, 0.1) is 11.3 Å². The predicted octanol–water partition coefficient (Wildman–Crippen LogP) is 1.70. The van der Waals surface area contributed by atoms with Crippen molar-refractivity contribution in [2.75, 3.05) is 23.5 Å². The molecular formula is C22H20N4O2S. The van der Waals surface area contributed by atoms with Crippen LogP contribution in [0.2, 0.25) is 0 Å². The minimum Gasteiger partial charge on any atom is -0.334 e. The fourth-order valence-electron chi connectivity index (χ4n) is 3.86. The van der Waals surface area contributed by atoms with Crippen LogP contribution in [0.3, 0.4) is 0 Å². The number of likely N-dealkylation sites (N-methyl/N-ethyl adjacent to an activating group) is 1. The topological polar surface area (TPSA) is 57.9 Å². The van der Waals surface area contributed by atoms with Crippen molar-refractivity contribution in [3.63, 3.8) is 0 Å². The molecule has 0 aliphatic carbocycles. The van der Waals surface area contributed by atoms with E-state index in [-0.39, 0.29) is 11.5 Å². The maximum atomic E-state index is 13.2. The number of amides is 1. The Morgan fingerprint density at radius 3 is 2.59 bits per heavy atom. The molecule has 146 valence electrons. The summed E-state index contributed by atoms with van der Waals surface area (Å²) in [6, 6.07) is 15.9. The lowest BCUT2D eigenvalue weighted by Crippen LogP contribution is -2.43. The molecule has 2 aliphatic heterocycles. The molecule has 0 bridgehead atoms. The summed E-state index contributed by atoms with van der Waals surface area (Å²) in [5.41, 5.74) is 4.27. The van der Waals surface area contributed by atoms with E-state index in [2.05, 4.69) is 41.1 Å². The summed E-state index contributed by atoms with van der Waals surface area (Å²) in [4.78, 5) is 35.1. The SMILES string of the molecule is CCc1ccc(N2CN=c3s/c(=C4\C(=O)N(C)c5ccccc54)c(=O)n3C2)cc1. The molecular weight excluding hydrogens is 384 g/mol. The van der Waals surface area contributed by atoms with E-state index in [1.165, 1.54) is 16.9 Å². The minimum absolute atomic E-state index is 0.144. The Balaban J connectivity index is 1.61. The van der Waals surface area contributed by atoms with Crippen molar-refractivity contribution in [2.45, 2.75) is 20.0 Å². The van der Waals surface area contributed by atoms with Gasteiger partial charge < -0.3 is 9.80 Å². The first-order valence-corrected chi connectivity index (χ1v) is 10.4. The van der Waals surface area contributed by atoms with E-state index in [4.69, 9.17) is 0 Å². The van der Waals surface area contributed by atoms with E-state index in [0.29, 0.717) is 28.2 Å². The molecule has 3 aromatic rings. The van der Waals surface area contributed by atoms with Gasteiger partial charge >= 0.3 is 0 Å². The van der Waals surface area contributed by atoms with Crippen LogP contribution in [-0.4, -0.2) is 24.2 Å². The largest absolute Gasteiger partial charge is 0.334 e. The van der Waals surface area contributed by atoms with Crippen molar-refractivity contribution in [1.29, 1.82) is 0 Å². The third-order valence-corrected chi connectivity index (χ3v) is 6.66. The Morgan fingerprint density at radius 1 is 1.07 bits per heavy atom. The molecule has 0 unspecified atom stereocenters. The van der Waals surface area contributed by atoms with E-state index in [0.717, 1.165) is 23.4 Å². The number of thiazole rings is 1. The van der Waals surface area contributed by atoms with E-state index in [9.17, 15) is 9.59 Å². The van der Waals surface area contributed by atoms with E-state index in [1.807, 2.05) is 24.3 Å². The van der Waals surface area contributed by atoms with Crippen molar-refractivity contribution < 1.29 is 4.79 Å². The molecule has 29 heavy (non-hydrogen) atoms. The molecule has 2 aromatic carbocycles. The average molecular weight is 404 g/mol. The maximum Gasteiger partial charge on any atom is 0.272 e. The van der Waals surface area contributed by atoms with Crippen LogP contribution in [0, 0.1) is 0 Å². The lowest BCUT2D eigenvalue weighted by Gasteiger charge is -2.25. The maximum absolute atomic E-state index is 13.2. The number of aromatic nitrogens is 1. The summed E-state index contributed by atoms with van der Waals surface area (Å²) < 4.78 is 2.13. The van der Waals surface area contributed by atoms with Gasteiger partial charge in [0.15, 0.2) is 4.80 Å². The molecule has 0 N–H and O–H groups in total. The zero-order chi connectivity index (χ0) is 20.1. The Labute approximate surface area is 171 Å². The second-order valence-corrected chi connectivity index (χ2v) is 8.18. The number of rotatable bonds is 2. The van der Waals surface area contributed by atoms with Crippen LogP contribution >= 0.6 is 11.3 Å². The molecule has 6 nitrogen and oxygen atoms in total. The van der Waals surface area contributed by atoms with Gasteiger partial charge in [-0.25, -0.2) is 4.99 Å². The first kappa shape index (κ1) is 17.9. The van der Waals surface area contributed by atoms with E-state index in [1.54, 1.807) is 16.5 Å². The molecule has 2 aliphatic rings. The van der Waals surface area contributed by atoms with E-state index < -0.39 is 0 Å². The van der Waals surface area contributed by atoms with Gasteiger partial charge in [0.1, 0.15) is 17.9 Å². The Bertz CT molecular complexity index is 1300. The van der Waals surface area contributed by atoms with Crippen LogP contribution in [0.4, 0.5) is 11.4 Å². The van der Waals surface area contributed by atoms with Crippen molar-refractivity contribution in [1.82, 2.24) is 4.57 Å². The van der Waals surface area contributed by atoms with Crippen LogP contribution in [-0.2, 0) is 17.9 Å². The highest BCUT2D eigenvalue weighted by molar-refractivity contribution is 7.07. The Hall–Kier alpha value is -3.19. The monoisotopic (exact) mass is 404 g/mol. The second-order valence-electron chi connectivity index (χ2n) is 7.20. The molecule has 0 atom stereocenters. The van der Waals surface area contributed by atoms with Crippen molar-refractivity contribution in [3.05, 3.63) is 79.3 Å². The molecule has 0 saturated carbocycles. The second kappa shape index (κ2) is 6.70. The zero-order valence-corrected chi connectivity index (χ0v) is 17.1. The number of para-hydroxylation sites is 1. The molecule has 5 rings (SSSR count). The predicted molar refractivity (Wildman–Crippen MR) is 115 cm³/mol. The van der Waals surface area contributed by atoms with Crippen LogP contribution in [0.15, 0.2) is 58.3 Å². The number of anilines is 2. The first-order valence-electron chi connectivity index (χ1n) is 9.58. The fraction of sp³-hybridized carbons (Fsp3) is 0.227. The number of carbonyl (C=O) groups is 1. The number of aryl methyl sites for hydroxylation is 1. The molecule has 0 fully saturated rings. The normalized spacial score (nSPS) is 17.2. The standard InChI is InChI=1S/C22H20N4O2S/c1-3-14-8-10-15(11-9-14)25-12-23-22-26(13-25)21(28)19(29-22)18-16-6-4-5-7-17(16)24(2)20(18)27/h4-11H,3,12-13H2,1-2H3/b19-18-. The third kappa shape index (κ3) is 2.73. The number of benzene rings is 2. The molecule has 1 amide bonds. The fourth-order valence-corrected chi connectivity index (χ4v) is 4.91. The first-order chi connectivity index (χ1) is 14.1. The number of nitrogens with zero attached hydrogens (tertiary/aromatic N) is 4. The van der Waals surface area contributed by atoms with Gasteiger partial charge in [-0.1, -0.05) is 48.6 Å². The molecule has 7 heteroatoms. The Morgan fingerprint density at radius 2 is 1.83 bits per heavy atom. The van der Waals surface area contributed by atoms with Gasteiger partial charge in [-0.2, -0.15) is 0 Å². The van der Waals surface area contributed by atoms with Gasteiger partial charge in [0, 0.05) is 18.3 Å². The van der Waals surface area contributed by atoms with Gasteiger partial charge in [0.25, 0.3) is 11.5 Å². The van der Waals surface area contributed by atoms with Crippen molar-refractivity contribution in [3.8, 4) is 0 Å². The van der Waals surface area contributed by atoms with Gasteiger partial charge in [-0.3, -0.25) is 14.2 Å². The summed E-state index contributed by atoms with van der Waals surface area (Å²) in [6.45, 7) is 3.05. The lowest BCUT2D eigenvalue weighted by molar-refractivity contribution is -0.112. The van der Waals surface area contributed by atoms with Crippen LogP contribution < -0.4 is 24.7 Å². The summed E-state index contributed by atoms with van der Waals surface area (Å²) in [7, 11) is 1.74. The van der Waals surface area contributed by atoms with Crippen LogP contribution in [0.1, 0.15) is 18.1 Å². The smallest absolute Gasteiger partial charge is 0.272 e. The average Bonchev–Trinajstić information content (AvgIpc) is 3.21. The summed E-state index contributed by atoms with van der Waals surface area (Å²) in [6.07, 6.45) is 0.991. The summed E-state index contributed by atoms with van der Waals surface area (Å²) >= 11 is 1.30. The highest BCUT2D eigenvalue weighted by Gasteiger charge is 2.32. The van der Waals surface area contributed by atoms with Crippen LogP contribution in [0.5, 0.6) is 0 Å². The molecule has 3 heterocycles. The van der Waals surface area contributed by atoms with Gasteiger partial charge in [-0.05, 0) is 30.2 Å². The van der Waals surface area contributed by atoms with Gasteiger partial charge in [0.2, 0.25) is 0 Å². The van der Waals surface area contributed by atoms with Gasteiger partial charge in [-0.15, -0.1) is 0 Å². The van der Waals surface area contributed by atoms with Crippen molar-refractivity contribution in [2.24, 2.45) is 4.99 Å². The van der Waals surface area contributed by atoms with Crippen LogP contribution in [0.25, 0.3) is 5.57 Å². The number of hydrogen-bond acceptors (Lipinski definition) is 5. The Kier molecular flexibility index (Phi) is 4.13. The molecule has 0 saturated heterocycles. The molecule has 1 aromatic heterocycles. The van der Waals surface area contributed by atoms with E-state index >= 15 is 0 Å². The molecule has 0 spiro atoms. The molecule has 0 radical (unpaired) electrons. The highest BCUT2D eigenvalue weighted by Crippen LogP contribution is 2.33. The number of carbonyl (C=O) groups excluding carboxylic acids is 1. The zero-order valence-electron chi connectivity index (χ0n) is 16.3. The summed E-state index contributed by atoms with van der Waals surface area (Å²) in [5.74, 6) is -0.144. The highest BCUT2D eigenvalue weighted by atomic mass is 32.1. The lowest BCUT2D eigenvalue weighted by atomic mass is 10.1. The minimum atomic E-state index is -0.155. The van der Waals surface area contributed by atoms with Crippen molar-refractivity contribution >= 4 is 34.2 Å². The summed E-state index contributed by atoms with van der Waals surface area (Å²) in [5, 5.41) is 0. The third-order valence-electron chi connectivity index (χ3n) is 5.54. The quantitative estimate of drug-likeness (QED) is 0.653.